The molecule has 0 aliphatic rings. The van der Waals surface area contributed by atoms with E-state index in [0.29, 0.717) is 22.7 Å². The average Bonchev–Trinajstić information content (AvgIpc) is 3.13. The molecule has 5 nitrogen and oxygen atoms in total. The third-order valence-electron chi connectivity index (χ3n) is 4.19. The molecule has 1 heterocycles. The molecule has 0 bridgehead atoms. The van der Waals surface area contributed by atoms with Crippen molar-refractivity contribution in [1.82, 2.24) is 0 Å². The third-order valence-corrected chi connectivity index (χ3v) is 5.61. The van der Waals surface area contributed by atoms with Gasteiger partial charge in [-0.05, 0) is 42.3 Å². The summed E-state index contributed by atoms with van der Waals surface area (Å²) >= 11 is 4.68. The number of anilines is 1. The van der Waals surface area contributed by atoms with Crippen molar-refractivity contribution in [3.63, 3.8) is 0 Å². The number of hydrogen-bond acceptors (Lipinski definition) is 5. The molecular formula is C22H20BrNO4S. The van der Waals surface area contributed by atoms with Gasteiger partial charge in [-0.2, -0.15) is 0 Å². The molecule has 0 radical (unpaired) electrons. The fraction of sp³-hybridized carbons (Fsp3) is 0.182. The van der Waals surface area contributed by atoms with Crippen LogP contribution in [0.5, 0.6) is 5.75 Å². The lowest BCUT2D eigenvalue weighted by Crippen LogP contribution is -2.16. The summed E-state index contributed by atoms with van der Waals surface area (Å²) in [6.45, 7) is 2.51. The highest BCUT2D eigenvalue weighted by Gasteiger charge is 2.22. The van der Waals surface area contributed by atoms with Gasteiger partial charge in [0.2, 0.25) is 5.91 Å². The zero-order valence-corrected chi connectivity index (χ0v) is 18.4. The van der Waals surface area contributed by atoms with Crippen molar-refractivity contribution in [1.29, 1.82) is 0 Å². The topological polar surface area (TPSA) is 64.6 Å². The Balaban J connectivity index is 1.84. The van der Waals surface area contributed by atoms with E-state index in [1.807, 2.05) is 60.8 Å². The first-order valence-electron chi connectivity index (χ1n) is 8.99. The van der Waals surface area contributed by atoms with Gasteiger partial charge < -0.3 is 14.8 Å². The van der Waals surface area contributed by atoms with Crippen LogP contribution in [-0.2, 0) is 16.0 Å². The molecule has 1 N–H and O–H groups in total. The number of carbonyl (C=O) groups is 2. The molecule has 0 aliphatic carbocycles. The molecule has 0 spiro atoms. The third kappa shape index (κ3) is 5.25. The molecule has 0 saturated carbocycles. The number of halogens is 1. The van der Waals surface area contributed by atoms with E-state index in [0.717, 1.165) is 21.3 Å². The summed E-state index contributed by atoms with van der Waals surface area (Å²) in [5, 5.41) is 5.17. The largest absolute Gasteiger partial charge is 0.494 e. The molecule has 2 aromatic carbocycles. The monoisotopic (exact) mass is 473 g/mol. The molecule has 0 aliphatic heterocycles. The number of ether oxygens (including phenoxy) is 2. The molecule has 0 atom stereocenters. The molecule has 0 saturated heterocycles. The maximum atomic E-state index is 12.5. The Bertz CT molecular complexity index is 997. The van der Waals surface area contributed by atoms with E-state index in [1.165, 1.54) is 18.4 Å². The Morgan fingerprint density at radius 2 is 1.76 bits per heavy atom. The van der Waals surface area contributed by atoms with Crippen molar-refractivity contribution in [3.8, 4) is 16.9 Å². The summed E-state index contributed by atoms with van der Waals surface area (Å²) in [6, 6.07) is 15.0. The fourth-order valence-electron chi connectivity index (χ4n) is 2.82. The van der Waals surface area contributed by atoms with E-state index in [-0.39, 0.29) is 12.3 Å². The minimum absolute atomic E-state index is 0.197. The van der Waals surface area contributed by atoms with E-state index in [4.69, 9.17) is 9.47 Å². The molecular weight excluding hydrogens is 454 g/mol. The highest BCUT2D eigenvalue weighted by Crippen LogP contribution is 2.36. The molecule has 7 heteroatoms. The SMILES string of the molecule is CCOc1ccc(-c2csc(NC(=O)Cc3ccc(Br)cc3)c2C(=O)OC)cc1. The van der Waals surface area contributed by atoms with Gasteiger partial charge >= 0.3 is 5.97 Å². The van der Waals surface area contributed by atoms with E-state index >= 15 is 0 Å². The van der Waals surface area contributed by atoms with Crippen LogP contribution < -0.4 is 10.1 Å². The highest BCUT2D eigenvalue weighted by atomic mass is 79.9. The maximum Gasteiger partial charge on any atom is 0.341 e. The van der Waals surface area contributed by atoms with Crippen LogP contribution >= 0.6 is 27.3 Å². The minimum atomic E-state index is -0.492. The van der Waals surface area contributed by atoms with Crippen molar-refractivity contribution < 1.29 is 19.1 Å². The fourth-order valence-corrected chi connectivity index (χ4v) is 4.06. The standard InChI is InChI=1S/C22H20BrNO4S/c1-3-28-17-10-6-15(7-11-17)18-13-29-21(20(18)22(26)27-2)24-19(25)12-14-4-8-16(23)9-5-14/h4-11,13H,3,12H2,1-2H3,(H,24,25). The Kier molecular flexibility index (Phi) is 7.06. The van der Waals surface area contributed by atoms with Gasteiger partial charge in [0, 0.05) is 15.4 Å². The van der Waals surface area contributed by atoms with Crippen LogP contribution in [0.15, 0.2) is 58.4 Å². The number of benzene rings is 2. The summed E-state index contributed by atoms with van der Waals surface area (Å²) in [4.78, 5) is 24.9. The quantitative estimate of drug-likeness (QED) is 0.457. The van der Waals surface area contributed by atoms with Crippen molar-refractivity contribution in [2.45, 2.75) is 13.3 Å². The van der Waals surface area contributed by atoms with Crippen LogP contribution in [0.3, 0.4) is 0 Å². The summed E-state index contributed by atoms with van der Waals surface area (Å²) in [6.07, 6.45) is 0.212. The van der Waals surface area contributed by atoms with Gasteiger partial charge in [-0.3, -0.25) is 4.79 Å². The highest BCUT2D eigenvalue weighted by molar-refractivity contribution is 9.10. The number of esters is 1. The zero-order valence-electron chi connectivity index (χ0n) is 16.0. The van der Waals surface area contributed by atoms with Crippen molar-refractivity contribution in [2.24, 2.45) is 0 Å². The predicted molar refractivity (Wildman–Crippen MR) is 119 cm³/mol. The van der Waals surface area contributed by atoms with Crippen LogP contribution in [0, 0.1) is 0 Å². The lowest BCUT2D eigenvalue weighted by Gasteiger charge is -2.09. The van der Waals surface area contributed by atoms with E-state index in [2.05, 4.69) is 21.2 Å². The molecule has 3 rings (SSSR count). The van der Waals surface area contributed by atoms with Gasteiger partial charge in [-0.25, -0.2) is 4.79 Å². The summed E-state index contributed by atoms with van der Waals surface area (Å²) in [7, 11) is 1.33. The van der Waals surface area contributed by atoms with Crippen LogP contribution in [-0.4, -0.2) is 25.6 Å². The van der Waals surface area contributed by atoms with Gasteiger partial charge in [0.1, 0.15) is 16.3 Å². The van der Waals surface area contributed by atoms with Gasteiger partial charge in [-0.15, -0.1) is 11.3 Å². The van der Waals surface area contributed by atoms with E-state index in [1.54, 1.807) is 0 Å². The minimum Gasteiger partial charge on any atom is -0.494 e. The first-order valence-corrected chi connectivity index (χ1v) is 10.7. The normalized spacial score (nSPS) is 10.4. The molecule has 1 aromatic heterocycles. The molecule has 29 heavy (non-hydrogen) atoms. The van der Waals surface area contributed by atoms with Gasteiger partial charge in [0.25, 0.3) is 0 Å². The van der Waals surface area contributed by atoms with Crippen LogP contribution in [0.25, 0.3) is 11.1 Å². The number of thiophene rings is 1. The second kappa shape index (κ2) is 9.71. The van der Waals surface area contributed by atoms with E-state index in [9.17, 15) is 9.59 Å². The number of nitrogens with one attached hydrogen (secondary N) is 1. The number of amides is 1. The predicted octanol–water partition coefficient (Wildman–Crippen LogP) is 5.54. The second-order valence-electron chi connectivity index (χ2n) is 6.15. The zero-order chi connectivity index (χ0) is 20.8. The molecule has 150 valence electrons. The summed E-state index contributed by atoms with van der Waals surface area (Å²) < 4.78 is 11.4. The first-order chi connectivity index (χ1) is 14.0. The first kappa shape index (κ1) is 21.1. The lowest BCUT2D eigenvalue weighted by molar-refractivity contribution is -0.115. The molecule has 3 aromatic rings. The Morgan fingerprint density at radius 3 is 2.38 bits per heavy atom. The Labute approximate surface area is 181 Å². The number of hydrogen-bond donors (Lipinski definition) is 1. The summed E-state index contributed by atoms with van der Waals surface area (Å²) in [5.41, 5.74) is 2.79. The number of rotatable bonds is 7. The Morgan fingerprint density at radius 1 is 1.07 bits per heavy atom. The van der Waals surface area contributed by atoms with Crippen molar-refractivity contribution >= 4 is 44.1 Å². The molecule has 0 unspecified atom stereocenters. The molecule has 0 fully saturated rings. The van der Waals surface area contributed by atoms with Crippen molar-refractivity contribution in [3.05, 3.63) is 69.5 Å². The van der Waals surface area contributed by atoms with Crippen LogP contribution in [0.1, 0.15) is 22.8 Å². The van der Waals surface area contributed by atoms with Gasteiger partial charge in [0.15, 0.2) is 0 Å². The van der Waals surface area contributed by atoms with E-state index < -0.39 is 5.97 Å². The lowest BCUT2D eigenvalue weighted by atomic mass is 10.0. The summed E-state index contributed by atoms with van der Waals surface area (Å²) in [5.74, 6) is 0.0702. The van der Waals surface area contributed by atoms with Crippen molar-refractivity contribution in [2.75, 3.05) is 19.0 Å². The van der Waals surface area contributed by atoms with Gasteiger partial charge in [-0.1, -0.05) is 40.2 Å². The smallest absolute Gasteiger partial charge is 0.341 e. The Hall–Kier alpha value is -2.64. The molecule has 1 amide bonds. The second-order valence-corrected chi connectivity index (χ2v) is 7.95. The van der Waals surface area contributed by atoms with Crippen LogP contribution in [0.4, 0.5) is 5.00 Å². The maximum absolute atomic E-state index is 12.5. The number of methoxy groups -OCH3 is 1. The van der Waals surface area contributed by atoms with Gasteiger partial charge in [0.05, 0.1) is 20.1 Å². The van der Waals surface area contributed by atoms with Crippen LogP contribution in [0.2, 0.25) is 0 Å². The number of carbonyl (C=O) groups excluding carboxylic acids is 2. The average molecular weight is 474 g/mol.